The number of carbonyl (C=O) groups is 1. The van der Waals surface area contributed by atoms with Crippen LogP contribution in [-0.4, -0.2) is 5.97 Å². The number of ether oxygens (including phenoxy) is 1. The largest absolute Gasteiger partial charge is 0.423 e. The minimum Gasteiger partial charge on any atom is -0.423 e. The fourth-order valence-corrected chi connectivity index (χ4v) is 5.71. The molecule has 1 fully saturated rings. The van der Waals surface area contributed by atoms with Gasteiger partial charge in [-0.15, -0.1) is 0 Å². The van der Waals surface area contributed by atoms with Crippen LogP contribution in [0.5, 0.6) is 5.75 Å². The van der Waals surface area contributed by atoms with Crippen molar-refractivity contribution in [2.75, 3.05) is 0 Å². The molecule has 4 rings (SSSR count). The molecule has 3 unspecified atom stereocenters. The number of halogens is 2. The Hall–Kier alpha value is -2.49. The van der Waals surface area contributed by atoms with Gasteiger partial charge in [0.15, 0.2) is 11.6 Å². The quantitative estimate of drug-likeness (QED) is 0.219. The number of hydrogen-bond acceptors (Lipinski definition) is 2. The first-order valence-corrected chi connectivity index (χ1v) is 12.5. The lowest BCUT2D eigenvalue weighted by Crippen LogP contribution is -2.18. The van der Waals surface area contributed by atoms with E-state index in [4.69, 9.17) is 4.74 Å². The average molecular weight is 453 g/mol. The molecule has 0 bridgehead atoms. The molecule has 33 heavy (non-hydrogen) atoms. The molecule has 0 amide bonds. The van der Waals surface area contributed by atoms with Crippen molar-refractivity contribution < 1.29 is 18.3 Å². The van der Waals surface area contributed by atoms with Crippen LogP contribution < -0.4 is 4.74 Å². The number of allylic oxidation sites excluding steroid dienone is 1. The van der Waals surface area contributed by atoms with Gasteiger partial charge in [-0.1, -0.05) is 69.9 Å². The van der Waals surface area contributed by atoms with Crippen molar-refractivity contribution in [1.29, 1.82) is 0 Å². The van der Waals surface area contributed by atoms with Crippen LogP contribution >= 0.6 is 0 Å². The Kier molecular flexibility index (Phi) is 7.62. The Balaban J connectivity index is 1.41. The van der Waals surface area contributed by atoms with E-state index < -0.39 is 11.6 Å². The van der Waals surface area contributed by atoms with E-state index in [0.29, 0.717) is 41.1 Å². The van der Waals surface area contributed by atoms with Crippen LogP contribution in [0.2, 0.25) is 0 Å². The Morgan fingerprint density at radius 3 is 2.48 bits per heavy atom. The smallest absolute Gasteiger partial charge is 0.339 e. The number of unbranched alkanes of at least 4 members (excludes halogenated alkanes) is 2. The fourth-order valence-electron chi connectivity index (χ4n) is 5.71. The zero-order valence-corrected chi connectivity index (χ0v) is 19.7. The summed E-state index contributed by atoms with van der Waals surface area (Å²) in [6.45, 7) is 4.30. The zero-order valence-electron chi connectivity index (χ0n) is 19.7. The lowest BCUT2D eigenvalue weighted by molar-refractivity contribution is -0.130. The molecular weight excluding hydrogens is 418 g/mol. The Labute approximate surface area is 196 Å². The van der Waals surface area contributed by atoms with E-state index >= 15 is 0 Å². The molecule has 0 heterocycles. The monoisotopic (exact) mass is 452 g/mol. The van der Waals surface area contributed by atoms with Crippen LogP contribution in [0.1, 0.15) is 70.8 Å². The summed E-state index contributed by atoms with van der Waals surface area (Å²) in [6, 6.07) is 9.97. The predicted molar refractivity (Wildman–Crippen MR) is 128 cm³/mol. The summed E-state index contributed by atoms with van der Waals surface area (Å²) in [6.07, 6.45) is 11.1. The first kappa shape index (κ1) is 23.7. The number of carbonyl (C=O) groups excluding carboxylic acids is 1. The van der Waals surface area contributed by atoms with Gasteiger partial charge in [0, 0.05) is 11.1 Å². The molecule has 2 aromatic rings. The molecule has 0 aliphatic heterocycles. The first-order valence-electron chi connectivity index (χ1n) is 12.5. The van der Waals surface area contributed by atoms with Crippen LogP contribution in [0, 0.1) is 29.4 Å². The minimum absolute atomic E-state index is 0.221. The van der Waals surface area contributed by atoms with Crippen LogP contribution in [0.25, 0.3) is 11.1 Å². The van der Waals surface area contributed by atoms with Gasteiger partial charge in [-0.2, -0.15) is 0 Å². The highest BCUT2D eigenvalue weighted by molar-refractivity contribution is 5.91. The normalized spacial score (nSPS) is 21.7. The summed E-state index contributed by atoms with van der Waals surface area (Å²) in [5, 5.41) is 0. The van der Waals surface area contributed by atoms with Crippen molar-refractivity contribution in [3.8, 4) is 16.9 Å². The highest BCUT2D eigenvalue weighted by Crippen LogP contribution is 2.49. The SMILES string of the molecule is CCCCCc1ccc(-c2ccc(OC(=O)C3=CCC4C(CCC)CCC34)cc2)c(F)c1F. The maximum atomic E-state index is 14.7. The summed E-state index contributed by atoms with van der Waals surface area (Å²) in [7, 11) is 0. The van der Waals surface area contributed by atoms with Crippen molar-refractivity contribution in [3.05, 3.63) is 65.2 Å². The fraction of sp³-hybridized carbons (Fsp3) is 0.483. The average Bonchev–Trinajstić information content (AvgIpc) is 3.41. The van der Waals surface area contributed by atoms with E-state index in [-0.39, 0.29) is 11.5 Å². The molecule has 2 aromatic carbocycles. The van der Waals surface area contributed by atoms with E-state index in [0.717, 1.165) is 37.7 Å². The Bertz CT molecular complexity index is 1010. The van der Waals surface area contributed by atoms with E-state index in [1.165, 1.54) is 19.3 Å². The summed E-state index contributed by atoms with van der Waals surface area (Å²) >= 11 is 0. The van der Waals surface area contributed by atoms with Crippen molar-refractivity contribution in [2.24, 2.45) is 17.8 Å². The molecular formula is C29H34F2O2. The minimum atomic E-state index is -0.821. The van der Waals surface area contributed by atoms with Crippen molar-refractivity contribution in [1.82, 2.24) is 0 Å². The third-order valence-electron chi connectivity index (χ3n) is 7.46. The van der Waals surface area contributed by atoms with Crippen LogP contribution in [0.15, 0.2) is 48.0 Å². The molecule has 0 saturated heterocycles. The first-order chi connectivity index (χ1) is 16.0. The third-order valence-corrected chi connectivity index (χ3v) is 7.46. The van der Waals surface area contributed by atoms with Gasteiger partial charge in [-0.3, -0.25) is 0 Å². The second-order valence-electron chi connectivity index (χ2n) is 9.56. The van der Waals surface area contributed by atoms with Crippen LogP contribution in [0.3, 0.4) is 0 Å². The van der Waals surface area contributed by atoms with Crippen molar-refractivity contribution in [2.45, 2.75) is 71.6 Å². The molecule has 2 aliphatic carbocycles. The van der Waals surface area contributed by atoms with Gasteiger partial charge in [-0.25, -0.2) is 13.6 Å². The van der Waals surface area contributed by atoms with Gasteiger partial charge in [0.25, 0.3) is 0 Å². The van der Waals surface area contributed by atoms with Crippen LogP contribution in [0.4, 0.5) is 8.78 Å². The highest BCUT2D eigenvalue weighted by Gasteiger charge is 2.42. The number of hydrogen-bond donors (Lipinski definition) is 0. The maximum Gasteiger partial charge on any atom is 0.339 e. The van der Waals surface area contributed by atoms with Gasteiger partial charge in [0.05, 0.1) is 0 Å². The van der Waals surface area contributed by atoms with E-state index in [9.17, 15) is 13.6 Å². The molecule has 2 aliphatic rings. The van der Waals surface area contributed by atoms with E-state index in [2.05, 4.69) is 19.9 Å². The lowest BCUT2D eigenvalue weighted by Gasteiger charge is -2.19. The number of benzene rings is 2. The highest BCUT2D eigenvalue weighted by atomic mass is 19.2. The molecule has 1 saturated carbocycles. The Morgan fingerprint density at radius 1 is 0.970 bits per heavy atom. The number of fused-ring (bicyclic) bond motifs is 1. The summed E-state index contributed by atoms with van der Waals surface area (Å²) < 4.78 is 34.9. The van der Waals surface area contributed by atoms with Crippen LogP contribution in [-0.2, 0) is 11.2 Å². The second kappa shape index (κ2) is 10.6. The molecule has 0 spiro atoms. The van der Waals surface area contributed by atoms with Gasteiger partial charge in [0.1, 0.15) is 5.75 Å². The number of aryl methyl sites for hydroxylation is 1. The molecule has 176 valence electrons. The van der Waals surface area contributed by atoms with Gasteiger partial charge < -0.3 is 4.74 Å². The van der Waals surface area contributed by atoms with Gasteiger partial charge >= 0.3 is 5.97 Å². The van der Waals surface area contributed by atoms with Crippen molar-refractivity contribution >= 4 is 5.97 Å². The summed E-state index contributed by atoms with van der Waals surface area (Å²) in [5.74, 6) is 0.181. The standard InChI is InChI=1S/C29H34F2O2/c1-3-5-6-8-21-12-15-24(28(31)27(21)30)20-9-13-22(14-10-20)33-29(32)26-18-17-23-19(7-4-2)11-16-25(23)26/h9-10,12-15,18-19,23,25H,3-8,11,16-17H2,1-2H3. The summed E-state index contributed by atoms with van der Waals surface area (Å²) in [5.41, 5.74) is 2.02. The van der Waals surface area contributed by atoms with E-state index in [1.54, 1.807) is 36.4 Å². The molecule has 4 heteroatoms. The molecule has 2 nitrogen and oxygen atoms in total. The van der Waals surface area contributed by atoms with Gasteiger partial charge in [-0.05, 0) is 73.1 Å². The predicted octanol–water partition coefficient (Wildman–Crippen LogP) is 8.04. The summed E-state index contributed by atoms with van der Waals surface area (Å²) in [4.78, 5) is 12.8. The third kappa shape index (κ3) is 5.05. The maximum absolute atomic E-state index is 14.7. The van der Waals surface area contributed by atoms with E-state index in [1.807, 2.05) is 0 Å². The topological polar surface area (TPSA) is 26.3 Å². The van der Waals surface area contributed by atoms with Crippen molar-refractivity contribution in [3.63, 3.8) is 0 Å². The van der Waals surface area contributed by atoms with Gasteiger partial charge in [0.2, 0.25) is 0 Å². The number of esters is 1. The molecule has 0 aromatic heterocycles. The lowest BCUT2D eigenvalue weighted by atomic mass is 9.87. The molecule has 0 radical (unpaired) electrons. The molecule has 3 atom stereocenters. The number of rotatable bonds is 9. The Morgan fingerprint density at radius 2 is 1.76 bits per heavy atom. The molecule has 0 N–H and O–H groups in total. The zero-order chi connectivity index (χ0) is 23.4. The second-order valence-corrected chi connectivity index (χ2v) is 9.56.